The number of hydrogen-bond acceptors (Lipinski definition) is 5. The predicted octanol–water partition coefficient (Wildman–Crippen LogP) is 1.93. The molecule has 2 aliphatic heterocycles. The molecule has 2 saturated heterocycles. The van der Waals surface area contributed by atoms with Crippen LogP contribution in [0.15, 0.2) is 18.2 Å². The second kappa shape index (κ2) is 9.35. The standard InChI is InChI=1S/C23H33ClN4O3/c1-25(2)22(30)19-6-5-18(15-20(19)24)27-13-11-26(12-14-27)17-7-9-28(10-8-17)23(31)21(29)16-3-4-16/h5-6,15-17,21,29H,3-4,7-14H2,1-2H3. The Morgan fingerprint density at radius 2 is 1.68 bits per heavy atom. The zero-order chi connectivity index (χ0) is 22.1. The van der Waals surface area contributed by atoms with Crippen molar-refractivity contribution in [2.24, 2.45) is 5.92 Å². The molecule has 4 rings (SSSR count). The molecule has 2 amide bonds. The highest BCUT2D eigenvalue weighted by atomic mass is 35.5. The first-order chi connectivity index (χ1) is 14.8. The quantitative estimate of drug-likeness (QED) is 0.745. The molecule has 170 valence electrons. The zero-order valence-corrected chi connectivity index (χ0v) is 19.2. The number of benzene rings is 1. The molecular weight excluding hydrogens is 416 g/mol. The molecule has 3 fully saturated rings. The van der Waals surface area contributed by atoms with Crippen molar-refractivity contribution in [1.29, 1.82) is 0 Å². The van der Waals surface area contributed by atoms with Gasteiger partial charge in [-0.05, 0) is 49.8 Å². The molecule has 7 nitrogen and oxygen atoms in total. The normalized spacial score (nSPS) is 21.8. The number of carbonyl (C=O) groups is 2. The summed E-state index contributed by atoms with van der Waals surface area (Å²) in [5, 5.41) is 10.6. The number of aliphatic hydroxyl groups is 1. The summed E-state index contributed by atoms with van der Waals surface area (Å²) >= 11 is 6.39. The molecule has 8 heteroatoms. The first-order valence-corrected chi connectivity index (χ1v) is 11.7. The van der Waals surface area contributed by atoms with Gasteiger partial charge in [0.25, 0.3) is 11.8 Å². The van der Waals surface area contributed by atoms with E-state index < -0.39 is 6.10 Å². The number of aliphatic hydroxyl groups excluding tert-OH is 1. The number of carbonyl (C=O) groups excluding carboxylic acids is 2. The van der Waals surface area contributed by atoms with Crippen LogP contribution in [0.1, 0.15) is 36.0 Å². The Labute approximate surface area is 189 Å². The van der Waals surface area contributed by atoms with Gasteiger partial charge in [0.1, 0.15) is 6.10 Å². The fraction of sp³-hybridized carbons (Fsp3) is 0.652. The van der Waals surface area contributed by atoms with Gasteiger partial charge in [0, 0.05) is 65.1 Å². The van der Waals surface area contributed by atoms with Crippen LogP contribution in [0.4, 0.5) is 5.69 Å². The third-order valence-electron chi connectivity index (χ3n) is 6.88. The number of nitrogens with zero attached hydrogens (tertiary/aromatic N) is 4. The van der Waals surface area contributed by atoms with E-state index in [0.29, 0.717) is 16.6 Å². The molecule has 1 saturated carbocycles. The third kappa shape index (κ3) is 4.99. The fourth-order valence-corrected chi connectivity index (χ4v) is 4.97. The smallest absolute Gasteiger partial charge is 0.254 e. The molecule has 1 unspecified atom stereocenters. The topological polar surface area (TPSA) is 67.3 Å². The number of piperidine rings is 1. The lowest BCUT2D eigenvalue weighted by molar-refractivity contribution is -0.142. The summed E-state index contributed by atoms with van der Waals surface area (Å²) in [5.41, 5.74) is 1.58. The molecule has 0 bridgehead atoms. The monoisotopic (exact) mass is 448 g/mol. The molecule has 0 aromatic heterocycles. The first kappa shape index (κ1) is 22.4. The van der Waals surface area contributed by atoms with Gasteiger partial charge in [0.05, 0.1) is 10.6 Å². The van der Waals surface area contributed by atoms with Crippen LogP contribution in [0, 0.1) is 5.92 Å². The van der Waals surface area contributed by atoms with Crippen LogP contribution in [0.25, 0.3) is 0 Å². The van der Waals surface area contributed by atoms with E-state index in [2.05, 4.69) is 9.80 Å². The molecule has 1 aromatic rings. The van der Waals surface area contributed by atoms with Crippen LogP contribution >= 0.6 is 11.6 Å². The number of amides is 2. The summed E-state index contributed by atoms with van der Waals surface area (Å²) in [6, 6.07) is 6.18. The molecule has 0 radical (unpaired) electrons. The van der Waals surface area contributed by atoms with E-state index in [1.54, 1.807) is 14.1 Å². The summed E-state index contributed by atoms with van der Waals surface area (Å²) in [6.45, 7) is 5.25. The van der Waals surface area contributed by atoms with Crippen molar-refractivity contribution >= 4 is 29.1 Å². The highest BCUT2D eigenvalue weighted by Gasteiger charge is 2.38. The molecule has 3 aliphatic rings. The molecule has 31 heavy (non-hydrogen) atoms. The summed E-state index contributed by atoms with van der Waals surface area (Å²) in [7, 11) is 3.45. The lowest BCUT2D eigenvalue weighted by Gasteiger charge is -2.43. The van der Waals surface area contributed by atoms with Crippen LogP contribution in [0.2, 0.25) is 5.02 Å². The van der Waals surface area contributed by atoms with E-state index in [0.717, 1.165) is 70.6 Å². The molecular formula is C23H33ClN4O3. The average molecular weight is 449 g/mol. The Bertz CT molecular complexity index is 813. The second-order valence-electron chi connectivity index (χ2n) is 9.23. The van der Waals surface area contributed by atoms with Crippen LogP contribution in [0.5, 0.6) is 0 Å². The first-order valence-electron chi connectivity index (χ1n) is 11.3. The Balaban J connectivity index is 1.27. The zero-order valence-electron chi connectivity index (χ0n) is 18.5. The van der Waals surface area contributed by atoms with Crippen LogP contribution in [0.3, 0.4) is 0 Å². The molecule has 1 N–H and O–H groups in total. The number of halogens is 1. The molecule has 2 heterocycles. The third-order valence-corrected chi connectivity index (χ3v) is 7.20. The van der Waals surface area contributed by atoms with E-state index >= 15 is 0 Å². The van der Waals surface area contributed by atoms with Crippen molar-refractivity contribution in [2.45, 2.75) is 37.8 Å². The minimum Gasteiger partial charge on any atom is -0.383 e. The minimum atomic E-state index is -0.786. The molecule has 0 spiro atoms. The van der Waals surface area contributed by atoms with Crippen LogP contribution in [-0.2, 0) is 4.79 Å². The van der Waals surface area contributed by atoms with Gasteiger partial charge in [-0.15, -0.1) is 0 Å². The van der Waals surface area contributed by atoms with Gasteiger partial charge in [-0.2, -0.15) is 0 Å². The lowest BCUT2D eigenvalue weighted by atomic mass is 10.0. The summed E-state index contributed by atoms with van der Waals surface area (Å²) in [4.78, 5) is 32.8. The van der Waals surface area contributed by atoms with Crippen molar-refractivity contribution < 1.29 is 14.7 Å². The Morgan fingerprint density at radius 3 is 2.23 bits per heavy atom. The van der Waals surface area contributed by atoms with E-state index in [1.807, 2.05) is 23.1 Å². The molecule has 1 aliphatic carbocycles. The largest absolute Gasteiger partial charge is 0.383 e. The molecule has 1 aromatic carbocycles. The maximum Gasteiger partial charge on any atom is 0.254 e. The van der Waals surface area contributed by atoms with E-state index in [-0.39, 0.29) is 17.7 Å². The van der Waals surface area contributed by atoms with E-state index in [4.69, 9.17) is 11.6 Å². The van der Waals surface area contributed by atoms with Crippen LogP contribution in [-0.4, -0.2) is 97.1 Å². The van der Waals surface area contributed by atoms with Gasteiger partial charge in [-0.1, -0.05) is 11.6 Å². The van der Waals surface area contributed by atoms with Crippen LogP contribution < -0.4 is 4.90 Å². The number of anilines is 1. The molecule has 1 atom stereocenters. The number of rotatable bonds is 5. The van der Waals surface area contributed by atoms with E-state index in [1.165, 1.54) is 4.90 Å². The van der Waals surface area contributed by atoms with Crippen molar-refractivity contribution in [1.82, 2.24) is 14.7 Å². The maximum atomic E-state index is 12.4. The SMILES string of the molecule is CN(C)C(=O)c1ccc(N2CCN(C3CCN(C(=O)C(O)C4CC4)CC3)CC2)cc1Cl. The number of piperazine rings is 1. The van der Waals surface area contributed by atoms with Gasteiger partial charge in [-0.25, -0.2) is 0 Å². The van der Waals surface area contributed by atoms with Gasteiger partial charge >= 0.3 is 0 Å². The van der Waals surface area contributed by atoms with Crippen molar-refractivity contribution in [3.05, 3.63) is 28.8 Å². The van der Waals surface area contributed by atoms with Gasteiger partial charge in [0.2, 0.25) is 0 Å². The summed E-state index contributed by atoms with van der Waals surface area (Å²) in [5.74, 6) is 0.0385. The summed E-state index contributed by atoms with van der Waals surface area (Å²) in [6.07, 6.45) is 3.11. The minimum absolute atomic E-state index is 0.0705. The second-order valence-corrected chi connectivity index (χ2v) is 9.63. The Kier molecular flexibility index (Phi) is 6.74. The van der Waals surface area contributed by atoms with Crippen molar-refractivity contribution in [2.75, 3.05) is 58.3 Å². The summed E-state index contributed by atoms with van der Waals surface area (Å²) < 4.78 is 0. The van der Waals surface area contributed by atoms with Gasteiger partial charge < -0.3 is 19.8 Å². The average Bonchev–Trinajstić information content (AvgIpc) is 3.63. The Hall–Kier alpha value is -1.83. The van der Waals surface area contributed by atoms with Crippen molar-refractivity contribution in [3.63, 3.8) is 0 Å². The van der Waals surface area contributed by atoms with Crippen molar-refractivity contribution in [3.8, 4) is 0 Å². The maximum absolute atomic E-state index is 12.4. The highest BCUT2D eigenvalue weighted by molar-refractivity contribution is 6.34. The predicted molar refractivity (Wildman–Crippen MR) is 122 cm³/mol. The Morgan fingerprint density at radius 1 is 1.03 bits per heavy atom. The number of likely N-dealkylation sites (tertiary alicyclic amines) is 1. The van der Waals surface area contributed by atoms with Gasteiger partial charge in [-0.3, -0.25) is 14.5 Å². The van der Waals surface area contributed by atoms with E-state index in [9.17, 15) is 14.7 Å². The fourth-order valence-electron chi connectivity index (χ4n) is 4.71. The lowest BCUT2D eigenvalue weighted by Crippen LogP contribution is -2.54. The number of hydrogen-bond donors (Lipinski definition) is 1. The highest BCUT2D eigenvalue weighted by Crippen LogP contribution is 2.34. The van der Waals surface area contributed by atoms with Gasteiger partial charge in [0.15, 0.2) is 0 Å².